The van der Waals surface area contributed by atoms with E-state index in [0.717, 1.165) is 6.07 Å². The second-order valence-electron chi connectivity index (χ2n) is 5.44. The van der Waals surface area contributed by atoms with Gasteiger partial charge in [0.15, 0.2) is 0 Å². The average Bonchev–Trinajstić information content (AvgIpc) is 2.99. The van der Waals surface area contributed by atoms with E-state index in [4.69, 9.17) is 0 Å². The molecule has 0 unspecified atom stereocenters. The van der Waals surface area contributed by atoms with Crippen LogP contribution in [0.3, 0.4) is 0 Å². The van der Waals surface area contributed by atoms with Crippen molar-refractivity contribution in [1.29, 1.82) is 0 Å². The van der Waals surface area contributed by atoms with Gasteiger partial charge >= 0.3 is 6.36 Å². The normalized spacial score (nSPS) is 11.4. The Morgan fingerprint density at radius 1 is 1.15 bits per heavy atom. The van der Waals surface area contributed by atoms with Crippen LogP contribution in [0.15, 0.2) is 54.9 Å². The first-order valence-electron chi connectivity index (χ1n) is 7.37. The topological polar surface area (TPSA) is 70.2 Å². The Kier molecular flexibility index (Phi) is 4.37. The number of hydrogen-bond acceptors (Lipinski definition) is 4. The molecule has 6 nitrogen and oxygen atoms in total. The minimum absolute atomic E-state index is 0.0986. The summed E-state index contributed by atoms with van der Waals surface area (Å²) in [6, 6.07) is 10.2. The number of rotatable bonds is 4. The van der Waals surface area contributed by atoms with Gasteiger partial charge in [0.1, 0.15) is 5.75 Å². The molecular weight excluding hydrogens is 351 g/mol. The lowest BCUT2D eigenvalue weighted by Crippen LogP contribution is -2.18. The summed E-state index contributed by atoms with van der Waals surface area (Å²) in [7, 11) is 1.64. The van der Waals surface area contributed by atoms with Crippen molar-refractivity contribution in [2.75, 3.05) is 0 Å². The van der Waals surface area contributed by atoms with Crippen LogP contribution in [0, 0.1) is 10.1 Å². The molecule has 3 rings (SSSR count). The zero-order valence-corrected chi connectivity index (χ0v) is 13.4. The summed E-state index contributed by atoms with van der Waals surface area (Å²) in [6.07, 6.45) is -2.02. The second-order valence-corrected chi connectivity index (χ2v) is 5.44. The minimum atomic E-state index is -5.00. The summed E-state index contributed by atoms with van der Waals surface area (Å²) in [6.45, 7) is 0. The molecule has 0 aliphatic carbocycles. The minimum Gasteiger partial charge on any atom is -0.405 e. The van der Waals surface area contributed by atoms with E-state index < -0.39 is 22.7 Å². The van der Waals surface area contributed by atoms with Crippen LogP contribution in [-0.4, -0.2) is 21.1 Å². The Balaban J connectivity index is 2.34. The van der Waals surface area contributed by atoms with E-state index >= 15 is 0 Å². The maximum absolute atomic E-state index is 12.9. The summed E-state index contributed by atoms with van der Waals surface area (Å²) in [4.78, 5) is 10.4. The van der Waals surface area contributed by atoms with Crippen LogP contribution in [0.4, 0.5) is 18.9 Å². The number of benzene rings is 2. The number of ether oxygens (including phenoxy) is 1. The smallest absolute Gasteiger partial charge is 0.405 e. The van der Waals surface area contributed by atoms with E-state index in [-0.39, 0.29) is 11.1 Å². The van der Waals surface area contributed by atoms with E-state index in [2.05, 4.69) is 9.84 Å². The molecule has 0 saturated heterocycles. The Morgan fingerprint density at radius 2 is 1.85 bits per heavy atom. The highest BCUT2D eigenvalue weighted by atomic mass is 19.4. The van der Waals surface area contributed by atoms with Gasteiger partial charge in [0, 0.05) is 36.0 Å². The van der Waals surface area contributed by atoms with Gasteiger partial charge in [-0.15, -0.1) is 13.2 Å². The van der Waals surface area contributed by atoms with Crippen molar-refractivity contribution in [3.63, 3.8) is 0 Å². The van der Waals surface area contributed by atoms with Gasteiger partial charge < -0.3 is 4.74 Å². The van der Waals surface area contributed by atoms with Crippen molar-refractivity contribution >= 4 is 5.69 Å². The molecule has 0 atom stereocenters. The van der Waals surface area contributed by atoms with Crippen molar-refractivity contribution in [3.05, 3.63) is 65.0 Å². The van der Waals surface area contributed by atoms with Gasteiger partial charge in [0.05, 0.1) is 17.2 Å². The van der Waals surface area contributed by atoms with Crippen LogP contribution >= 0.6 is 0 Å². The third-order valence-electron chi connectivity index (χ3n) is 3.60. The number of nitrogens with zero attached hydrogens (tertiary/aromatic N) is 3. The average molecular weight is 363 g/mol. The van der Waals surface area contributed by atoms with Gasteiger partial charge in [-0.1, -0.05) is 30.3 Å². The second kappa shape index (κ2) is 6.51. The lowest BCUT2D eigenvalue weighted by atomic mass is 9.94. The Bertz CT molecular complexity index is 953. The summed E-state index contributed by atoms with van der Waals surface area (Å²) in [5.74, 6) is -0.642. The van der Waals surface area contributed by atoms with Crippen LogP contribution in [0.25, 0.3) is 22.3 Å². The number of nitro groups is 1. The molecule has 1 aromatic heterocycles. The lowest BCUT2D eigenvalue weighted by molar-refractivity contribution is -0.385. The third kappa shape index (κ3) is 3.66. The zero-order valence-electron chi connectivity index (χ0n) is 13.4. The van der Waals surface area contributed by atoms with Gasteiger partial charge in [0.2, 0.25) is 0 Å². The number of nitro benzene ring substituents is 1. The predicted octanol–water partition coefficient (Wildman–Crippen LogP) is 4.56. The van der Waals surface area contributed by atoms with Crippen LogP contribution < -0.4 is 4.74 Å². The molecule has 0 aliphatic rings. The fraction of sp³-hybridized carbons (Fsp3) is 0.118. The van der Waals surface area contributed by atoms with Crippen molar-refractivity contribution < 1.29 is 22.8 Å². The van der Waals surface area contributed by atoms with E-state index in [1.54, 1.807) is 43.6 Å². The molecule has 0 fully saturated rings. The van der Waals surface area contributed by atoms with E-state index in [9.17, 15) is 23.3 Å². The first-order valence-corrected chi connectivity index (χ1v) is 7.37. The van der Waals surface area contributed by atoms with Crippen LogP contribution in [-0.2, 0) is 7.05 Å². The van der Waals surface area contributed by atoms with Gasteiger partial charge in [-0.3, -0.25) is 14.8 Å². The molecule has 3 aromatic rings. The number of alkyl halides is 3. The number of aryl methyl sites for hydroxylation is 1. The number of aromatic nitrogens is 2. The summed E-state index contributed by atoms with van der Waals surface area (Å²) in [5, 5.41) is 15.2. The van der Waals surface area contributed by atoms with E-state index in [0.29, 0.717) is 11.1 Å². The van der Waals surface area contributed by atoms with Gasteiger partial charge in [-0.25, -0.2) is 0 Å². The molecule has 1 heterocycles. The quantitative estimate of drug-likeness (QED) is 0.503. The van der Waals surface area contributed by atoms with Crippen LogP contribution in [0.1, 0.15) is 0 Å². The largest absolute Gasteiger partial charge is 0.573 e. The Hall–Kier alpha value is -3.36. The van der Waals surface area contributed by atoms with E-state index in [1.165, 1.54) is 16.9 Å². The van der Waals surface area contributed by atoms with Crippen molar-refractivity contribution in [2.45, 2.75) is 6.36 Å². The molecule has 134 valence electrons. The molecule has 0 radical (unpaired) electrons. The first-order chi connectivity index (χ1) is 12.2. The summed E-state index contributed by atoms with van der Waals surface area (Å²) < 4.78 is 44.3. The fourth-order valence-corrected chi connectivity index (χ4v) is 2.60. The summed E-state index contributed by atoms with van der Waals surface area (Å²) >= 11 is 0. The van der Waals surface area contributed by atoms with Crippen LogP contribution in [0.2, 0.25) is 0 Å². The summed E-state index contributed by atoms with van der Waals surface area (Å²) in [5.41, 5.74) is 0.671. The standard InChI is InChI=1S/C17H12F3N3O3/c1-22-10-12(9-21-22)14-7-13(23(24)25)8-15(26-17(18,19)20)16(14)11-5-3-2-4-6-11/h2-10H,1H3. The van der Waals surface area contributed by atoms with Crippen molar-refractivity contribution in [2.24, 2.45) is 7.05 Å². The van der Waals surface area contributed by atoms with Gasteiger partial charge in [0.25, 0.3) is 5.69 Å². The lowest BCUT2D eigenvalue weighted by Gasteiger charge is -2.16. The highest BCUT2D eigenvalue weighted by molar-refractivity contribution is 5.89. The number of halogens is 3. The molecule has 2 aromatic carbocycles. The molecule has 0 amide bonds. The van der Waals surface area contributed by atoms with Crippen LogP contribution in [0.5, 0.6) is 5.75 Å². The Morgan fingerprint density at radius 3 is 2.38 bits per heavy atom. The molecule has 0 spiro atoms. The molecule has 26 heavy (non-hydrogen) atoms. The SMILES string of the molecule is Cn1cc(-c2cc([N+](=O)[O-])cc(OC(F)(F)F)c2-c2ccccc2)cn1. The molecule has 0 N–H and O–H groups in total. The maximum atomic E-state index is 12.9. The molecule has 0 bridgehead atoms. The fourth-order valence-electron chi connectivity index (χ4n) is 2.60. The van der Waals surface area contributed by atoms with Gasteiger partial charge in [-0.05, 0) is 5.56 Å². The van der Waals surface area contributed by atoms with Gasteiger partial charge in [-0.2, -0.15) is 5.10 Å². The molecule has 0 saturated carbocycles. The molecular formula is C17H12F3N3O3. The number of non-ortho nitro benzene ring substituents is 1. The first kappa shape index (κ1) is 17.5. The third-order valence-corrected chi connectivity index (χ3v) is 3.60. The molecule has 9 heteroatoms. The number of hydrogen-bond donors (Lipinski definition) is 0. The zero-order chi connectivity index (χ0) is 18.9. The monoisotopic (exact) mass is 363 g/mol. The van der Waals surface area contributed by atoms with E-state index in [1.807, 2.05) is 0 Å². The Labute approximate surface area is 145 Å². The molecule has 0 aliphatic heterocycles. The highest BCUT2D eigenvalue weighted by Crippen LogP contribution is 2.43. The predicted molar refractivity (Wildman–Crippen MR) is 87.4 cm³/mol. The maximum Gasteiger partial charge on any atom is 0.573 e. The van der Waals surface area contributed by atoms with Crippen molar-refractivity contribution in [3.8, 4) is 28.0 Å². The van der Waals surface area contributed by atoms with Crippen molar-refractivity contribution in [1.82, 2.24) is 9.78 Å². The highest BCUT2D eigenvalue weighted by Gasteiger charge is 2.34.